The second kappa shape index (κ2) is 6.76. The molecule has 0 saturated carbocycles. The lowest BCUT2D eigenvalue weighted by Gasteiger charge is -2.18. The summed E-state index contributed by atoms with van der Waals surface area (Å²) in [6.07, 6.45) is 0.828. The standard InChI is InChI=1S/C15H14BrCl2N/c1-19-15(9-10-4-2-3-5-13(10)17)11-6-7-12(16)14(18)8-11/h2-8,15,19H,9H2,1H3. The van der Waals surface area contributed by atoms with Crippen molar-refractivity contribution >= 4 is 39.1 Å². The van der Waals surface area contributed by atoms with Gasteiger partial charge in [-0.1, -0.05) is 47.5 Å². The smallest absolute Gasteiger partial charge is 0.0551 e. The Kier molecular flexibility index (Phi) is 5.28. The Bertz CT molecular complexity index is 572. The topological polar surface area (TPSA) is 12.0 Å². The molecule has 0 aliphatic rings. The lowest BCUT2D eigenvalue weighted by atomic mass is 9.99. The van der Waals surface area contributed by atoms with Gasteiger partial charge in [0.15, 0.2) is 0 Å². The monoisotopic (exact) mass is 357 g/mol. The van der Waals surface area contributed by atoms with Gasteiger partial charge in [0.25, 0.3) is 0 Å². The molecule has 0 saturated heterocycles. The molecule has 0 aliphatic heterocycles. The normalized spacial score (nSPS) is 12.4. The van der Waals surface area contributed by atoms with E-state index in [2.05, 4.69) is 27.3 Å². The van der Waals surface area contributed by atoms with Crippen molar-refractivity contribution in [3.05, 3.63) is 68.1 Å². The number of likely N-dealkylation sites (N-methyl/N-ethyl adjacent to an activating group) is 1. The average molecular weight is 359 g/mol. The molecule has 0 amide bonds. The van der Waals surface area contributed by atoms with E-state index < -0.39 is 0 Å². The maximum atomic E-state index is 6.21. The predicted molar refractivity (Wildman–Crippen MR) is 86.1 cm³/mol. The molecule has 1 nitrogen and oxygen atoms in total. The highest BCUT2D eigenvalue weighted by Gasteiger charge is 2.13. The fraction of sp³-hybridized carbons (Fsp3) is 0.200. The number of hydrogen-bond acceptors (Lipinski definition) is 1. The van der Waals surface area contributed by atoms with Crippen LogP contribution < -0.4 is 5.32 Å². The molecule has 0 bridgehead atoms. The third-order valence-corrected chi connectivity index (χ3v) is 4.68. The van der Waals surface area contributed by atoms with Crippen LogP contribution in [-0.4, -0.2) is 7.05 Å². The van der Waals surface area contributed by atoms with E-state index in [1.54, 1.807) is 0 Å². The molecule has 0 heterocycles. The molecule has 0 aliphatic carbocycles. The Hall–Kier alpha value is -0.540. The third kappa shape index (κ3) is 3.73. The first kappa shape index (κ1) is 14.9. The molecule has 2 aromatic rings. The lowest BCUT2D eigenvalue weighted by molar-refractivity contribution is 0.592. The zero-order valence-electron chi connectivity index (χ0n) is 10.5. The molecule has 100 valence electrons. The van der Waals surface area contributed by atoms with Crippen LogP contribution in [0.5, 0.6) is 0 Å². The van der Waals surface area contributed by atoms with Gasteiger partial charge in [0.05, 0.1) is 5.02 Å². The van der Waals surface area contributed by atoms with Crippen LogP contribution >= 0.6 is 39.1 Å². The van der Waals surface area contributed by atoms with Crippen LogP contribution in [0.1, 0.15) is 17.2 Å². The summed E-state index contributed by atoms with van der Waals surface area (Å²) in [4.78, 5) is 0. The molecular formula is C15H14BrCl2N. The van der Waals surface area contributed by atoms with Gasteiger partial charge in [-0.3, -0.25) is 0 Å². The first-order chi connectivity index (χ1) is 9.11. The van der Waals surface area contributed by atoms with E-state index in [0.717, 1.165) is 32.1 Å². The highest BCUT2D eigenvalue weighted by Crippen LogP contribution is 2.28. The molecule has 0 spiro atoms. The molecule has 1 unspecified atom stereocenters. The Morgan fingerprint density at radius 3 is 2.47 bits per heavy atom. The van der Waals surface area contributed by atoms with E-state index >= 15 is 0 Å². The van der Waals surface area contributed by atoms with Gasteiger partial charge in [0, 0.05) is 15.5 Å². The van der Waals surface area contributed by atoms with Crippen LogP contribution in [-0.2, 0) is 6.42 Å². The minimum absolute atomic E-state index is 0.186. The Balaban J connectivity index is 2.25. The van der Waals surface area contributed by atoms with Crippen LogP contribution in [0.15, 0.2) is 46.9 Å². The van der Waals surface area contributed by atoms with Crippen molar-refractivity contribution in [2.75, 3.05) is 7.05 Å². The molecule has 1 N–H and O–H groups in total. The first-order valence-electron chi connectivity index (χ1n) is 5.97. The molecule has 1 atom stereocenters. The Morgan fingerprint density at radius 2 is 1.84 bits per heavy atom. The van der Waals surface area contributed by atoms with E-state index in [9.17, 15) is 0 Å². The van der Waals surface area contributed by atoms with Gasteiger partial charge >= 0.3 is 0 Å². The quantitative estimate of drug-likeness (QED) is 0.786. The van der Waals surface area contributed by atoms with Crippen LogP contribution in [0, 0.1) is 0 Å². The van der Waals surface area contributed by atoms with E-state index in [1.165, 1.54) is 0 Å². The van der Waals surface area contributed by atoms with Gasteiger partial charge in [-0.15, -0.1) is 0 Å². The molecule has 0 radical (unpaired) electrons. The number of benzene rings is 2. The average Bonchev–Trinajstić information content (AvgIpc) is 2.41. The summed E-state index contributed by atoms with van der Waals surface area (Å²) >= 11 is 15.8. The van der Waals surface area contributed by atoms with Crippen molar-refractivity contribution in [2.24, 2.45) is 0 Å². The fourth-order valence-corrected chi connectivity index (χ4v) is 2.65. The summed E-state index contributed by atoms with van der Waals surface area (Å²) in [5.74, 6) is 0. The zero-order chi connectivity index (χ0) is 13.8. The predicted octanol–water partition coefficient (Wildman–Crippen LogP) is 5.26. The van der Waals surface area contributed by atoms with Crippen molar-refractivity contribution in [3.8, 4) is 0 Å². The van der Waals surface area contributed by atoms with Gasteiger partial charge in [0.2, 0.25) is 0 Å². The fourth-order valence-electron chi connectivity index (χ4n) is 2.00. The summed E-state index contributed by atoms with van der Waals surface area (Å²) in [6.45, 7) is 0. The minimum Gasteiger partial charge on any atom is -0.313 e. The maximum Gasteiger partial charge on any atom is 0.0551 e. The van der Waals surface area contributed by atoms with Crippen LogP contribution in [0.2, 0.25) is 10.0 Å². The summed E-state index contributed by atoms with van der Waals surface area (Å²) in [5, 5.41) is 4.82. The number of hydrogen-bond donors (Lipinski definition) is 1. The van der Waals surface area contributed by atoms with Crippen LogP contribution in [0.4, 0.5) is 0 Å². The first-order valence-corrected chi connectivity index (χ1v) is 7.52. The summed E-state index contributed by atoms with van der Waals surface area (Å²) in [6, 6.07) is 14.1. The molecular weight excluding hydrogens is 345 g/mol. The SMILES string of the molecule is CNC(Cc1ccccc1Cl)c1ccc(Br)c(Cl)c1. The second-order valence-electron chi connectivity index (χ2n) is 4.31. The van der Waals surface area contributed by atoms with Crippen LogP contribution in [0.3, 0.4) is 0 Å². The summed E-state index contributed by atoms with van der Waals surface area (Å²) in [7, 11) is 1.94. The molecule has 0 aromatic heterocycles. The zero-order valence-corrected chi connectivity index (χ0v) is 13.6. The van der Waals surface area contributed by atoms with Crippen LogP contribution in [0.25, 0.3) is 0 Å². The summed E-state index contributed by atoms with van der Waals surface area (Å²) in [5.41, 5.74) is 2.28. The number of nitrogens with one attached hydrogen (secondary N) is 1. The summed E-state index contributed by atoms with van der Waals surface area (Å²) < 4.78 is 0.908. The molecule has 2 aromatic carbocycles. The highest BCUT2D eigenvalue weighted by atomic mass is 79.9. The van der Waals surface area contributed by atoms with E-state index in [-0.39, 0.29) is 6.04 Å². The van der Waals surface area contributed by atoms with Gasteiger partial charge in [-0.2, -0.15) is 0 Å². The van der Waals surface area contributed by atoms with E-state index in [1.807, 2.05) is 43.4 Å². The molecule has 2 rings (SSSR count). The highest BCUT2D eigenvalue weighted by molar-refractivity contribution is 9.10. The minimum atomic E-state index is 0.186. The number of rotatable bonds is 4. The molecule has 4 heteroatoms. The van der Waals surface area contributed by atoms with Gasteiger partial charge < -0.3 is 5.32 Å². The second-order valence-corrected chi connectivity index (χ2v) is 5.98. The van der Waals surface area contributed by atoms with E-state index in [4.69, 9.17) is 23.2 Å². The Morgan fingerprint density at radius 1 is 1.11 bits per heavy atom. The van der Waals surface area contributed by atoms with Crippen molar-refractivity contribution in [1.29, 1.82) is 0 Å². The van der Waals surface area contributed by atoms with Crippen molar-refractivity contribution < 1.29 is 0 Å². The van der Waals surface area contributed by atoms with Gasteiger partial charge in [-0.25, -0.2) is 0 Å². The maximum absolute atomic E-state index is 6.21. The van der Waals surface area contributed by atoms with Gasteiger partial charge in [-0.05, 0) is 58.7 Å². The lowest BCUT2D eigenvalue weighted by Crippen LogP contribution is -2.19. The van der Waals surface area contributed by atoms with Crippen molar-refractivity contribution in [2.45, 2.75) is 12.5 Å². The van der Waals surface area contributed by atoms with Crippen molar-refractivity contribution in [1.82, 2.24) is 5.32 Å². The van der Waals surface area contributed by atoms with E-state index in [0.29, 0.717) is 0 Å². The molecule has 0 fully saturated rings. The third-order valence-electron chi connectivity index (χ3n) is 3.08. The van der Waals surface area contributed by atoms with Gasteiger partial charge in [0.1, 0.15) is 0 Å². The number of halogens is 3. The van der Waals surface area contributed by atoms with Crippen molar-refractivity contribution in [3.63, 3.8) is 0 Å². The largest absolute Gasteiger partial charge is 0.313 e. The molecule has 19 heavy (non-hydrogen) atoms. The Labute approximate surface area is 132 Å².